The van der Waals surface area contributed by atoms with Crippen LogP contribution in [-0.4, -0.2) is 34.4 Å². The highest BCUT2D eigenvalue weighted by Crippen LogP contribution is 2.10. The summed E-state index contributed by atoms with van der Waals surface area (Å²) in [6.07, 6.45) is 0.524. The summed E-state index contributed by atoms with van der Waals surface area (Å²) in [7, 11) is 3.00. The Bertz CT molecular complexity index is 345. The Balaban J connectivity index is 3.18. The van der Waals surface area contributed by atoms with Crippen LogP contribution in [0.25, 0.3) is 0 Å². The van der Waals surface area contributed by atoms with Crippen LogP contribution in [0, 0.1) is 0 Å². The number of aryl methyl sites for hydroxylation is 1. The van der Waals surface area contributed by atoms with Gasteiger partial charge in [-0.3, -0.25) is 14.5 Å². The van der Waals surface area contributed by atoms with Crippen LogP contribution >= 0.6 is 0 Å². The lowest BCUT2D eigenvalue weighted by molar-refractivity contribution is -0.107. The summed E-state index contributed by atoms with van der Waals surface area (Å²) in [4.78, 5) is 23.5. The average molecular weight is 183 g/mol. The molecule has 2 N–H and O–H groups in total. The number of nitrogens with two attached hydrogens (primary N) is 1. The van der Waals surface area contributed by atoms with Gasteiger partial charge in [0.2, 0.25) is 6.41 Å². The molecule has 0 spiro atoms. The van der Waals surface area contributed by atoms with Crippen molar-refractivity contribution in [3.8, 4) is 0 Å². The average Bonchev–Trinajstić information content (AvgIpc) is 2.46. The van der Waals surface area contributed by atoms with Crippen LogP contribution in [-0.2, 0) is 11.8 Å². The first kappa shape index (κ1) is 9.17. The topological polar surface area (TPSA) is 94.1 Å². The maximum Gasteiger partial charge on any atom is 0.273 e. The molecule has 2 amide bonds. The number of carbonyl (C=O) groups is 2. The SMILES string of the molecule is CN(C=O)c1nn(C)nc1C(N)=O. The zero-order valence-corrected chi connectivity index (χ0v) is 7.26. The summed E-state index contributed by atoms with van der Waals surface area (Å²) >= 11 is 0. The number of amides is 2. The van der Waals surface area contributed by atoms with Crippen molar-refractivity contribution >= 4 is 18.1 Å². The summed E-state index contributed by atoms with van der Waals surface area (Å²) < 4.78 is 0. The number of anilines is 1. The number of aromatic nitrogens is 3. The van der Waals surface area contributed by atoms with Crippen LogP contribution in [0.2, 0.25) is 0 Å². The van der Waals surface area contributed by atoms with E-state index >= 15 is 0 Å². The van der Waals surface area contributed by atoms with Gasteiger partial charge in [0.15, 0.2) is 11.5 Å². The van der Waals surface area contributed by atoms with Crippen molar-refractivity contribution in [3.63, 3.8) is 0 Å². The smallest absolute Gasteiger partial charge is 0.273 e. The Morgan fingerprint density at radius 1 is 1.62 bits per heavy atom. The number of primary amides is 1. The Morgan fingerprint density at radius 2 is 2.23 bits per heavy atom. The van der Waals surface area contributed by atoms with Gasteiger partial charge >= 0.3 is 0 Å². The van der Waals surface area contributed by atoms with Gasteiger partial charge in [-0.15, -0.1) is 10.2 Å². The third kappa shape index (κ3) is 1.63. The van der Waals surface area contributed by atoms with Crippen molar-refractivity contribution in [3.05, 3.63) is 5.69 Å². The molecule has 0 aliphatic heterocycles. The number of rotatable bonds is 3. The van der Waals surface area contributed by atoms with Gasteiger partial charge in [-0.05, 0) is 0 Å². The van der Waals surface area contributed by atoms with Crippen molar-refractivity contribution in [2.24, 2.45) is 12.8 Å². The van der Waals surface area contributed by atoms with Crippen molar-refractivity contribution in [1.82, 2.24) is 15.0 Å². The van der Waals surface area contributed by atoms with E-state index in [9.17, 15) is 9.59 Å². The van der Waals surface area contributed by atoms with Gasteiger partial charge in [0, 0.05) is 14.1 Å². The van der Waals surface area contributed by atoms with E-state index in [1.54, 1.807) is 0 Å². The third-order valence-electron chi connectivity index (χ3n) is 1.42. The predicted octanol–water partition coefficient (Wildman–Crippen LogP) is -1.49. The van der Waals surface area contributed by atoms with Gasteiger partial charge in [0.25, 0.3) is 5.91 Å². The summed E-state index contributed by atoms with van der Waals surface area (Å²) in [5.41, 5.74) is 5.01. The fourth-order valence-corrected chi connectivity index (χ4v) is 0.843. The molecule has 0 saturated carbocycles. The highest BCUT2D eigenvalue weighted by atomic mass is 16.1. The fourth-order valence-electron chi connectivity index (χ4n) is 0.843. The largest absolute Gasteiger partial charge is 0.364 e. The van der Waals surface area contributed by atoms with Crippen LogP contribution in [0.3, 0.4) is 0 Å². The standard InChI is InChI=1S/C6H9N5O2/c1-10(3-12)6-4(5(7)13)8-11(2)9-6/h3H,1-2H3,(H2,7,13). The molecule has 7 heteroatoms. The molecule has 70 valence electrons. The zero-order chi connectivity index (χ0) is 10.0. The summed E-state index contributed by atoms with van der Waals surface area (Å²) in [6.45, 7) is 0. The number of hydrogen-bond donors (Lipinski definition) is 1. The molecular formula is C6H9N5O2. The van der Waals surface area contributed by atoms with Gasteiger partial charge in [-0.25, -0.2) is 0 Å². The molecule has 0 radical (unpaired) electrons. The molecule has 1 rings (SSSR count). The first-order chi connectivity index (χ1) is 6.06. The Hall–Kier alpha value is -1.92. The predicted molar refractivity (Wildman–Crippen MR) is 44.0 cm³/mol. The minimum absolute atomic E-state index is 0.0166. The van der Waals surface area contributed by atoms with E-state index in [1.165, 1.54) is 18.9 Å². The summed E-state index contributed by atoms with van der Waals surface area (Å²) in [5.74, 6) is -0.554. The van der Waals surface area contributed by atoms with E-state index in [0.29, 0.717) is 6.41 Å². The molecule has 13 heavy (non-hydrogen) atoms. The summed E-state index contributed by atoms with van der Waals surface area (Å²) in [5, 5.41) is 7.51. The van der Waals surface area contributed by atoms with Crippen LogP contribution in [0.1, 0.15) is 10.5 Å². The highest BCUT2D eigenvalue weighted by Gasteiger charge is 2.17. The molecular weight excluding hydrogens is 174 g/mol. The number of carbonyl (C=O) groups excluding carboxylic acids is 2. The second-order valence-electron chi connectivity index (χ2n) is 2.44. The number of nitrogens with zero attached hydrogens (tertiary/aromatic N) is 4. The van der Waals surface area contributed by atoms with Crippen LogP contribution < -0.4 is 10.6 Å². The molecule has 0 atom stereocenters. The molecule has 0 aromatic carbocycles. The van der Waals surface area contributed by atoms with E-state index < -0.39 is 5.91 Å². The monoisotopic (exact) mass is 183 g/mol. The molecule has 7 nitrogen and oxygen atoms in total. The molecule has 1 aromatic heterocycles. The van der Waals surface area contributed by atoms with Crippen molar-refractivity contribution in [2.75, 3.05) is 11.9 Å². The van der Waals surface area contributed by atoms with Crippen LogP contribution in [0.15, 0.2) is 0 Å². The quantitative estimate of drug-likeness (QED) is 0.577. The third-order valence-corrected chi connectivity index (χ3v) is 1.42. The Morgan fingerprint density at radius 3 is 2.69 bits per heavy atom. The maximum atomic E-state index is 10.8. The van der Waals surface area contributed by atoms with E-state index in [2.05, 4.69) is 10.2 Å². The second kappa shape index (κ2) is 3.21. The van der Waals surface area contributed by atoms with Crippen LogP contribution in [0.4, 0.5) is 5.82 Å². The first-order valence-corrected chi connectivity index (χ1v) is 3.45. The van der Waals surface area contributed by atoms with Gasteiger partial charge < -0.3 is 5.73 Å². The molecule has 1 heterocycles. The van der Waals surface area contributed by atoms with E-state index in [-0.39, 0.29) is 11.5 Å². The van der Waals surface area contributed by atoms with Gasteiger partial charge in [0.05, 0.1) is 0 Å². The lowest BCUT2D eigenvalue weighted by Gasteiger charge is -2.05. The van der Waals surface area contributed by atoms with E-state index in [0.717, 1.165) is 4.90 Å². The number of hydrogen-bond acceptors (Lipinski definition) is 4. The zero-order valence-electron chi connectivity index (χ0n) is 7.26. The van der Waals surface area contributed by atoms with E-state index in [1.807, 2.05) is 0 Å². The fraction of sp³-hybridized carbons (Fsp3) is 0.333. The highest BCUT2D eigenvalue weighted by molar-refractivity contribution is 5.97. The van der Waals surface area contributed by atoms with Gasteiger partial charge in [0.1, 0.15) is 0 Å². The molecule has 0 aliphatic carbocycles. The van der Waals surface area contributed by atoms with Crippen molar-refractivity contribution in [2.45, 2.75) is 0 Å². The normalized spacial score (nSPS) is 9.69. The van der Waals surface area contributed by atoms with Crippen LogP contribution in [0.5, 0.6) is 0 Å². The summed E-state index contributed by atoms with van der Waals surface area (Å²) in [6, 6.07) is 0. The van der Waals surface area contributed by atoms with Gasteiger partial charge in [-0.2, -0.15) is 4.80 Å². The van der Waals surface area contributed by atoms with Crippen molar-refractivity contribution < 1.29 is 9.59 Å². The lowest BCUT2D eigenvalue weighted by atomic mass is 10.4. The Kier molecular flexibility index (Phi) is 2.27. The van der Waals surface area contributed by atoms with E-state index in [4.69, 9.17) is 5.73 Å². The molecule has 0 aliphatic rings. The minimum Gasteiger partial charge on any atom is -0.364 e. The maximum absolute atomic E-state index is 10.8. The molecule has 1 aromatic rings. The molecule has 0 unspecified atom stereocenters. The van der Waals surface area contributed by atoms with Gasteiger partial charge in [-0.1, -0.05) is 0 Å². The second-order valence-corrected chi connectivity index (χ2v) is 2.44. The molecule has 0 fully saturated rings. The molecule has 0 saturated heterocycles. The van der Waals surface area contributed by atoms with Crippen molar-refractivity contribution in [1.29, 1.82) is 0 Å². The Labute approximate surface area is 74.1 Å². The molecule has 0 bridgehead atoms. The first-order valence-electron chi connectivity index (χ1n) is 3.45. The minimum atomic E-state index is -0.711. The lowest BCUT2D eigenvalue weighted by Crippen LogP contribution is -2.20.